The first-order valence-corrected chi connectivity index (χ1v) is 10.2. The van der Waals surface area contributed by atoms with Gasteiger partial charge in [-0.15, -0.1) is 12.4 Å². The van der Waals surface area contributed by atoms with Crippen LogP contribution in [-0.4, -0.2) is 46.8 Å². The molecule has 4 rings (SSSR count). The molecule has 0 unspecified atom stereocenters. The Hall–Kier alpha value is -1.56. The van der Waals surface area contributed by atoms with Crippen molar-refractivity contribution in [2.45, 2.75) is 39.0 Å². The van der Waals surface area contributed by atoms with Crippen molar-refractivity contribution in [1.82, 2.24) is 20.0 Å². The van der Waals surface area contributed by atoms with E-state index in [1.807, 2.05) is 33.8 Å². The number of nitrogens with zero attached hydrogens (tertiary/aromatic N) is 3. The van der Waals surface area contributed by atoms with E-state index in [1.54, 1.807) is 6.20 Å². The van der Waals surface area contributed by atoms with E-state index in [0.717, 1.165) is 50.4 Å². The quantitative estimate of drug-likeness (QED) is 0.802. The van der Waals surface area contributed by atoms with Crippen LogP contribution in [0.2, 0.25) is 5.02 Å². The van der Waals surface area contributed by atoms with E-state index in [9.17, 15) is 4.79 Å². The van der Waals surface area contributed by atoms with Gasteiger partial charge in [0.2, 0.25) is 0 Å². The molecule has 28 heavy (non-hydrogen) atoms. The zero-order valence-electron chi connectivity index (χ0n) is 16.4. The summed E-state index contributed by atoms with van der Waals surface area (Å²) in [5.41, 5.74) is 2.96. The van der Waals surface area contributed by atoms with Gasteiger partial charge in [0.25, 0.3) is 5.91 Å². The molecule has 5 nitrogen and oxygen atoms in total. The first-order valence-electron chi connectivity index (χ1n) is 9.83. The Morgan fingerprint density at radius 1 is 1.25 bits per heavy atom. The van der Waals surface area contributed by atoms with Gasteiger partial charge in [-0.2, -0.15) is 5.10 Å². The van der Waals surface area contributed by atoms with Crippen LogP contribution in [0.3, 0.4) is 0 Å². The number of amides is 1. The lowest BCUT2D eigenvalue weighted by molar-refractivity contribution is 0.0606. The molecule has 0 atom stereocenters. The Balaban J connectivity index is 0.00000225. The lowest BCUT2D eigenvalue weighted by Crippen LogP contribution is -2.44. The molecule has 0 aliphatic carbocycles. The van der Waals surface area contributed by atoms with Gasteiger partial charge >= 0.3 is 0 Å². The van der Waals surface area contributed by atoms with Crippen molar-refractivity contribution in [3.05, 3.63) is 46.7 Å². The van der Waals surface area contributed by atoms with Crippen molar-refractivity contribution >= 4 is 29.9 Å². The van der Waals surface area contributed by atoms with Gasteiger partial charge in [-0.25, -0.2) is 4.68 Å². The van der Waals surface area contributed by atoms with Crippen LogP contribution in [0.25, 0.3) is 5.69 Å². The summed E-state index contributed by atoms with van der Waals surface area (Å²) in [6, 6.07) is 7.60. The van der Waals surface area contributed by atoms with E-state index in [0.29, 0.717) is 16.0 Å². The standard InChI is InChI=1S/C21H27ClN4O.ClH/c1-15(2)19-18(13-24-26(19)17-5-3-4-16(22)12-17)20(27)25-10-7-21(8-11-25)6-9-23-14-21;/h3-5,12-13,15,23H,6-11,14H2,1-2H3;1H. The number of benzene rings is 1. The molecule has 2 aliphatic heterocycles. The average molecular weight is 423 g/mol. The van der Waals surface area contributed by atoms with Crippen LogP contribution >= 0.6 is 24.0 Å². The van der Waals surface area contributed by atoms with Gasteiger partial charge in [0, 0.05) is 24.7 Å². The molecule has 2 saturated heterocycles. The fourth-order valence-corrected chi connectivity index (χ4v) is 4.65. The third-order valence-electron chi connectivity index (χ3n) is 6.08. The van der Waals surface area contributed by atoms with Gasteiger partial charge in [-0.3, -0.25) is 4.79 Å². The zero-order chi connectivity index (χ0) is 19.0. The van der Waals surface area contributed by atoms with E-state index in [2.05, 4.69) is 24.3 Å². The molecular formula is C21H28Cl2N4O. The number of aromatic nitrogens is 2. The third-order valence-corrected chi connectivity index (χ3v) is 6.32. The summed E-state index contributed by atoms with van der Waals surface area (Å²) >= 11 is 6.16. The number of hydrogen-bond acceptors (Lipinski definition) is 3. The van der Waals surface area contributed by atoms with E-state index in [4.69, 9.17) is 11.6 Å². The molecule has 1 spiro atoms. The fourth-order valence-electron chi connectivity index (χ4n) is 4.47. The molecule has 3 heterocycles. The minimum absolute atomic E-state index is 0. The van der Waals surface area contributed by atoms with Gasteiger partial charge in [-0.05, 0) is 55.3 Å². The first-order chi connectivity index (χ1) is 13.0. The fraction of sp³-hybridized carbons (Fsp3) is 0.524. The van der Waals surface area contributed by atoms with Crippen LogP contribution in [0.4, 0.5) is 0 Å². The molecule has 152 valence electrons. The zero-order valence-corrected chi connectivity index (χ0v) is 18.0. The molecule has 1 amide bonds. The van der Waals surface area contributed by atoms with Gasteiger partial charge in [-0.1, -0.05) is 31.5 Å². The van der Waals surface area contributed by atoms with Gasteiger partial charge < -0.3 is 10.2 Å². The van der Waals surface area contributed by atoms with E-state index >= 15 is 0 Å². The SMILES string of the molecule is CC(C)c1c(C(=O)N2CCC3(CCNC3)CC2)cnn1-c1cccc(Cl)c1.Cl. The highest BCUT2D eigenvalue weighted by molar-refractivity contribution is 6.30. The third kappa shape index (κ3) is 3.93. The molecule has 0 bridgehead atoms. The number of rotatable bonds is 3. The topological polar surface area (TPSA) is 50.2 Å². The summed E-state index contributed by atoms with van der Waals surface area (Å²) in [5, 5.41) is 8.68. The highest BCUT2D eigenvalue weighted by atomic mass is 35.5. The monoisotopic (exact) mass is 422 g/mol. The predicted molar refractivity (Wildman–Crippen MR) is 115 cm³/mol. The normalized spacial score (nSPS) is 18.5. The number of hydrogen-bond donors (Lipinski definition) is 1. The van der Waals surface area contributed by atoms with Crippen LogP contribution in [0, 0.1) is 5.41 Å². The molecule has 1 aromatic heterocycles. The number of carbonyl (C=O) groups is 1. The van der Waals surface area contributed by atoms with E-state index in [1.165, 1.54) is 6.42 Å². The summed E-state index contributed by atoms with van der Waals surface area (Å²) < 4.78 is 1.86. The van der Waals surface area contributed by atoms with Gasteiger partial charge in [0.05, 0.1) is 23.1 Å². The summed E-state index contributed by atoms with van der Waals surface area (Å²) in [5.74, 6) is 0.286. The minimum atomic E-state index is 0. The number of piperidine rings is 1. The second-order valence-electron chi connectivity index (χ2n) is 8.21. The maximum absolute atomic E-state index is 13.3. The second-order valence-corrected chi connectivity index (χ2v) is 8.65. The summed E-state index contributed by atoms with van der Waals surface area (Å²) in [7, 11) is 0. The van der Waals surface area contributed by atoms with E-state index < -0.39 is 0 Å². The van der Waals surface area contributed by atoms with Crippen molar-refractivity contribution in [1.29, 1.82) is 0 Å². The maximum atomic E-state index is 13.3. The highest BCUT2D eigenvalue weighted by Crippen LogP contribution is 2.37. The molecule has 2 aromatic rings. The van der Waals surface area contributed by atoms with Gasteiger partial charge in [0.1, 0.15) is 0 Å². The van der Waals surface area contributed by atoms with Gasteiger partial charge in [0.15, 0.2) is 0 Å². The summed E-state index contributed by atoms with van der Waals surface area (Å²) in [6.45, 7) is 8.08. The number of halogens is 2. The summed E-state index contributed by atoms with van der Waals surface area (Å²) in [4.78, 5) is 15.3. The molecule has 2 aliphatic rings. The largest absolute Gasteiger partial charge is 0.338 e. The second kappa shape index (κ2) is 8.44. The Kier molecular flexibility index (Phi) is 6.37. The Morgan fingerprint density at radius 2 is 2.00 bits per heavy atom. The molecular weight excluding hydrogens is 395 g/mol. The van der Waals surface area contributed by atoms with Crippen LogP contribution in [0.15, 0.2) is 30.5 Å². The maximum Gasteiger partial charge on any atom is 0.257 e. The molecule has 0 saturated carbocycles. The summed E-state index contributed by atoms with van der Waals surface area (Å²) in [6.07, 6.45) is 5.13. The van der Waals surface area contributed by atoms with E-state index in [-0.39, 0.29) is 24.2 Å². The molecule has 0 radical (unpaired) electrons. The lowest BCUT2D eigenvalue weighted by atomic mass is 9.77. The van der Waals surface area contributed by atoms with Crippen molar-refractivity contribution in [2.24, 2.45) is 5.41 Å². The smallest absolute Gasteiger partial charge is 0.257 e. The molecule has 1 N–H and O–H groups in total. The number of likely N-dealkylation sites (tertiary alicyclic amines) is 1. The number of carbonyl (C=O) groups excluding carboxylic acids is 1. The molecule has 7 heteroatoms. The Bertz CT molecular complexity index is 833. The average Bonchev–Trinajstić information content (AvgIpc) is 3.29. The molecule has 1 aromatic carbocycles. The van der Waals surface area contributed by atoms with Crippen LogP contribution in [0.5, 0.6) is 0 Å². The van der Waals surface area contributed by atoms with Crippen molar-refractivity contribution in [2.75, 3.05) is 26.2 Å². The molecule has 2 fully saturated rings. The van der Waals surface area contributed by atoms with Crippen LogP contribution < -0.4 is 5.32 Å². The Morgan fingerprint density at radius 3 is 2.61 bits per heavy atom. The Labute approximate surface area is 177 Å². The van der Waals surface area contributed by atoms with Crippen molar-refractivity contribution in [3.63, 3.8) is 0 Å². The van der Waals surface area contributed by atoms with Crippen LogP contribution in [-0.2, 0) is 0 Å². The first kappa shape index (κ1) is 21.2. The predicted octanol–water partition coefficient (Wildman–Crippen LogP) is 4.29. The number of nitrogens with one attached hydrogen (secondary N) is 1. The van der Waals surface area contributed by atoms with Crippen LogP contribution in [0.1, 0.15) is 55.1 Å². The minimum Gasteiger partial charge on any atom is -0.338 e. The van der Waals surface area contributed by atoms with Crippen molar-refractivity contribution < 1.29 is 4.79 Å². The van der Waals surface area contributed by atoms with Crippen molar-refractivity contribution in [3.8, 4) is 5.69 Å². The highest BCUT2D eigenvalue weighted by Gasteiger charge is 2.38. The lowest BCUT2D eigenvalue weighted by Gasteiger charge is -2.39.